The third-order valence-corrected chi connectivity index (χ3v) is 8.14. The van der Waals surface area contributed by atoms with Crippen LogP contribution in [0.15, 0.2) is 42.5 Å². The van der Waals surface area contributed by atoms with E-state index in [0.717, 1.165) is 5.56 Å². The summed E-state index contributed by atoms with van der Waals surface area (Å²) in [7, 11) is 0. The molecule has 2 saturated carbocycles. The van der Waals surface area contributed by atoms with Crippen LogP contribution in [0.2, 0.25) is 0 Å². The second-order valence-corrected chi connectivity index (χ2v) is 10.0. The second kappa shape index (κ2) is 8.57. The Morgan fingerprint density at radius 3 is 2.35 bits per heavy atom. The number of amides is 1. The molecule has 3 aliphatic rings. The summed E-state index contributed by atoms with van der Waals surface area (Å²) in [6.07, 6.45) is 1.16. The van der Waals surface area contributed by atoms with E-state index < -0.39 is 76.8 Å². The Balaban J connectivity index is 1.60. The fraction of sp³-hybridized carbons (Fsp3) is 0.321. The van der Waals surface area contributed by atoms with Gasteiger partial charge >= 0.3 is 0 Å². The van der Waals surface area contributed by atoms with Crippen LogP contribution in [0.3, 0.4) is 0 Å². The molecule has 0 bridgehead atoms. The van der Waals surface area contributed by atoms with Crippen LogP contribution in [0.5, 0.6) is 5.75 Å². The zero-order chi connectivity index (χ0) is 26.8. The molecular weight excluding hydrogens is 478 g/mol. The average molecular weight is 504 g/mol. The fourth-order valence-corrected chi connectivity index (χ4v) is 6.26. The fourth-order valence-electron chi connectivity index (χ4n) is 6.26. The van der Waals surface area contributed by atoms with E-state index in [-0.39, 0.29) is 11.3 Å². The molecule has 5 rings (SSSR count). The van der Waals surface area contributed by atoms with Crippen molar-refractivity contribution < 1.29 is 39.3 Å². The van der Waals surface area contributed by atoms with Crippen LogP contribution in [0, 0.1) is 23.7 Å². The highest BCUT2D eigenvalue weighted by atomic mass is 16.3. The quantitative estimate of drug-likeness (QED) is 0.355. The van der Waals surface area contributed by atoms with Gasteiger partial charge in [-0.05, 0) is 17.0 Å². The van der Waals surface area contributed by atoms with E-state index in [2.05, 4.69) is 0 Å². The van der Waals surface area contributed by atoms with Gasteiger partial charge in [0.05, 0.1) is 17.6 Å². The molecule has 190 valence electrons. The Labute approximate surface area is 211 Å². The lowest BCUT2D eigenvalue weighted by Gasteiger charge is -2.52. The highest BCUT2D eigenvalue weighted by Gasteiger charge is 2.69. The molecule has 0 saturated heterocycles. The Kier molecular flexibility index (Phi) is 5.73. The number of Topliss-reactive ketones (excluding diaryl/α,β-unsaturated/α-hetero) is 4. The summed E-state index contributed by atoms with van der Waals surface area (Å²) in [6.45, 7) is 1.67. The largest absolute Gasteiger partial charge is 0.507 e. The van der Waals surface area contributed by atoms with Crippen molar-refractivity contribution in [2.75, 3.05) is 0 Å². The van der Waals surface area contributed by atoms with Crippen molar-refractivity contribution in [2.24, 2.45) is 29.4 Å². The minimum absolute atomic E-state index is 0.127. The van der Waals surface area contributed by atoms with Crippen LogP contribution in [0.1, 0.15) is 46.3 Å². The number of phenols is 1. The van der Waals surface area contributed by atoms with E-state index in [0.29, 0.717) is 11.1 Å². The third-order valence-electron chi connectivity index (χ3n) is 8.14. The summed E-state index contributed by atoms with van der Waals surface area (Å²) in [4.78, 5) is 64.7. The number of primary amides is 1. The monoisotopic (exact) mass is 503 g/mol. The molecule has 1 amide bonds. The van der Waals surface area contributed by atoms with E-state index in [1.165, 1.54) is 0 Å². The Bertz CT molecular complexity index is 1400. The zero-order valence-electron chi connectivity index (χ0n) is 19.8. The number of carbonyl (C=O) groups is 5. The molecule has 7 atom stereocenters. The lowest BCUT2D eigenvalue weighted by atomic mass is 9.50. The number of aromatic hydroxyl groups is 1. The smallest absolute Gasteiger partial charge is 0.235 e. The Morgan fingerprint density at radius 1 is 1.03 bits per heavy atom. The summed E-state index contributed by atoms with van der Waals surface area (Å²) in [5.41, 5.74) is 3.70. The molecular formula is C28H25NO8. The molecule has 5 N–H and O–H groups in total. The van der Waals surface area contributed by atoms with Gasteiger partial charge in [-0.25, -0.2) is 0 Å². The molecule has 37 heavy (non-hydrogen) atoms. The van der Waals surface area contributed by atoms with Gasteiger partial charge < -0.3 is 21.1 Å². The number of carbonyl (C=O) groups excluding carboxylic acids is 5. The van der Waals surface area contributed by atoms with Gasteiger partial charge in [-0.15, -0.1) is 0 Å². The van der Waals surface area contributed by atoms with Crippen molar-refractivity contribution in [3.05, 3.63) is 64.7 Å². The van der Waals surface area contributed by atoms with Crippen molar-refractivity contribution in [3.63, 3.8) is 0 Å². The van der Waals surface area contributed by atoms with Gasteiger partial charge in [0.25, 0.3) is 0 Å². The number of hydrogen-bond acceptors (Lipinski definition) is 8. The summed E-state index contributed by atoms with van der Waals surface area (Å²) in [6, 6.07) is 12.5. The number of aliphatic hydroxyl groups excluding tert-OH is 1. The van der Waals surface area contributed by atoms with Crippen LogP contribution in [-0.4, -0.2) is 56.1 Å². The number of benzene rings is 2. The van der Waals surface area contributed by atoms with Gasteiger partial charge in [-0.3, -0.25) is 24.0 Å². The first kappa shape index (κ1) is 24.7. The van der Waals surface area contributed by atoms with Crippen molar-refractivity contribution >= 4 is 41.2 Å². The molecule has 2 aromatic carbocycles. The van der Waals surface area contributed by atoms with Gasteiger partial charge in [0.15, 0.2) is 34.7 Å². The predicted molar refractivity (Wildman–Crippen MR) is 130 cm³/mol. The van der Waals surface area contributed by atoms with Gasteiger partial charge in [0.1, 0.15) is 5.75 Å². The van der Waals surface area contributed by atoms with E-state index in [4.69, 9.17) is 5.73 Å². The first-order valence-electron chi connectivity index (χ1n) is 11.9. The minimum Gasteiger partial charge on any atom is -0.507 e. The molecule has 2 unspecified atom stereocenters. The molecule has 0 aromatic heterocycles. The van der Waals surface area contributed by atoms with Gasteiger partial charge in [-0.2, -0.15) is 0 Å². The first-order chi connectivity index (χ1) is 17.5. The molecule has 0 spiro atoms. The molecule has 0 aliphatic heterocycles. The Morgan fingerprint density at radius 2 is 1.70 bits per heavy atom. The highest BCUT2D eigenvalue weighted by molar-refractivity contribution is 6.31. The Hall–Kier alpha value is -3.95. The first-order valence-corrected chi connectivity index (χ1v) is 11.9. The number of phenolic OH excluding ortho intramolecular Hbond substituents is 1. The van der Waals surface area contributed by atoms with Crippen molar-refractivity contribution in [3.8, 4) is 5.75 Å². The van der Waals surface area contributed by atoms with E-state index in [1.54, 1.807) is 31.2 Å². The van der Waals surface area contributed by atoms with Crippen LogP contribution in [-0.2, 0) is 19.2 Å². The van der Waals surface area contributed by atoms with E-state index in [1.807, 2.05) is 30.3 Å². The number of nitrogens with two attached hydrogens (primary N) is 1. The maximum atomic E-state index is 13.7. The molecule has 0 radical (unpaired) electrons. The van der Waals surface area contributed by atoms with E-state index >= 15 is 0 Å². The summed E-state index contributed by atoms with van der Waals surface area (Å²) >= 11 is 0. The van der Waals surface area contributed by atoms with Crippen LogP contribution in [0.4, 0.5) is 0 Å². The summed E-state index contributed by atoms with van der Waals surface area (Å²) in [5.74, 6) is -12.9. The molecule has 2 fully saturated rings. The van der Waals surface area contributed by atoms with Crippen molar-refractivity contribution in [1.82, 2.24) is 0 Å². The van der Waals surface area contributed by atoms with E-state index in [9.17, 15) is 39.3 Å². The topological polar surface area (TPSA) is 172 Å². The average Bonchev–Trinajstić information content (AvgIpc) is 2.86. The normalized spacial score (nSPS) is 33.2. The van der Waals surface area contributed by atoms with Crippen molar-refractivity contribution in [1.29, 1.82) is 0 Å². The molecule has 9 nitrogen and oxygen atoms in total. The molecule has 0 heterocycles. The molecule has 3 aliphatic carbocycles. The number of hydrogen-bond donors (Lipinski definition) is 4. The molecule has 2 aromatic rings. The minimum atomic E-state index is -2.93. The molecule has 9 heteroatoms. The predicted octanol–water partition coefficient (Wildman–Crippen LogP) is 1.03. The lowest BCUT2D eigenvalue weighted by Crippen LogP contribution is -2.72. The SMILES string of the molecule is C[C@H]1c2ccc(/C=C/c3ccccc3)c(O)c2C(=O)C2C(=O)[C@]3(O)C(=O)C(C(N)=O)C(=O)C[C@@H]3[C@@H](O)[C@@H]21. The second-order valence-electron chi connectivity index (χ2n) is 10.0. The van der Waals surface area contributed by atoms with Gasteiger partial charge in [-0.1, -0.05) is 61.5 Å². The maximum Gasteiger partial charge on any atom is 0.235 e. The highest BCUT2D eigenvalue weighted by Crippen LogP contribution is 2.54. The number of ketones is 4. The van der Waals surface area contributed by atoms with Gasteiger partial charge in [0, 0.05) is 23.8 Å². The standard InChI is InChI=1S/C28H25NO8/c1-12-15-10-9-14(8-7-13-5-3-2-4-6-13)22(31)19(15)24(33)21-18(12)23(32)16-11-17(30)20(27(29)36)25(34)28(16,37)26(21)35/h2-10,12,16,18,20-21,23,31-32,37H,11H2,1H3,(H2,29,36)/b8-7+/t12-,16+,18+,20?,21?,23+,28+/m0/s1. The lowest BCUT2D eigenvalue weighted by molar-refractivity contribution is -0.189. The van der Waals surface area contributed by atoms with Crippen LogP contribution < -0.4 is 5.73 Å². The third kappa shape index (κ3) is 3.42. The summed E-state index contributed by atoms with van der Waals surface area (Å²) < 4.78 is 0. The number of rotatable bonds is 3. The maximum absolute atomic E-state index is 13.7. The summed E-state index contributed by atoms with van der Waals surface area (Å²) in [5, 5.41) is 33.6. The number of aliphatic hydroxyl groups is 2. The van der Waals surface area contributed by atoms with Crippen LogP contribution >= 0.6 is 0 Å². The van der Waals surface area contributed by atoms with Crippen molar-refractivity contribution in [2.45, 2.75) is 31.0 Å². The zero-order valence-corrected chi connectivity index (χ0v) is 19.8. The van der Waals surface area contributed by atoms with Crippen LogP contribution in [0.25, 0.3) is 12.2 Å². The van der Waals surface area contributed by atoms with Gasteiger partial charge in [0.2, 0.25) is 5.91 Å². The number of fused-ring (bicyclic) bond motifs is 3.